The quantitative estimate of drug-likeness (QED) is 0.716. The number of carbonyl (C=O) groups excluding carboxylic acids is 1. The molecule has 0 spiro atoms. The molecule has 0 fully saturated rings. The summed E-state index contributed by atoms with van der Waals surface area (Å²) in [5.74, 6) is -0.162. The average Bonchev–Trinajstić information content (AvgIpc) is 2.67. The van der Waals surface area contributed by atoms with Crippen LogP contribution in [0.4, 0.5) is 10.2 Å². The number of nitrogens with two attached hydrogens (primary N) is 1. The van der Waals surface area contributed by atoms with Crippen LogP contribution >= 0.6 is 0 Å². The van der Waals surface area contributed by atoms with Crippen LogP contribution in [0.3, 0.4) is 0 Å². The fourth-order valence-electron chi connectivity index (χ4n) is 3.75. The summed E-state index contributed by atoms with van der Waals surface area (Å²) in [5.41, 5.74) is 8.87. The number of primary amides is 1. The molecule has 6 heteroatoms. The molecule has 3 N–H and O–H groups in total. The molecule has 5 nitrogen and oxygen atoms in total. The van der Waals surface area contributed by atoms with Crippen molar-refractivity contribution < 1.29 is 9.18 Å². The summed E-state index contributed by atoms with van der Waals surface area (Å²) < 4.78 is 14.2. The molecule has 1 unspecified atom stereocenters. The predicted molar refractivity (Wildman–Crippen MR) is 106 cm³/mol. The molecule has 1 atom stereocenters. The van der Waals surface area contributed by atoms with Crippen LogP contribution in [-0.2, 0) is 6.42 Å². The van der Waals surface area contributed by atoms with E-state index < -0.39 is 11.7 Å². The normalized spacial score (nSPS) is 15.7. The summed E-state index contributed by atoms with van der Waals surface area (Å²) >= 11 is 0. The summed E-state index contributed by atoms with van der Waals surface area (Å²) in [6.07, 6.45) is 3.23. The first-order valence-corrected chi connectivity index (χ1v) is 9.31. The lowest BCUT2D eigenvalue weighted by Crippen LogP contribution is -2.18. The molecular formula is C22H21FN4O. The Morgan fingerprint density at radius 2 is 2.00 bits per heavy atom. The van der Waals surface area contributed by atoms with Gasteiger partial charge >= 0.3 is 0 Å². The highest BCUT2D eigenvalue weighted by Crippen LogP contribution is 2.32. The first-order chi connectivity index (χ1) is 13.5. The highest BCUT2D eigenvalue weighted by Gasteiger charge is 2.20. The number of anilines is 1. The number of benzene rings is 2. The number of hydrogen-bond acceptors (Lipinski definition) is 4. The van der Waals surface area contributed by atoms with Gasteiger partial charge in [-0.05, 0) is 49.4 Å². The van der Waals surface area contributed by atoms with Gasteiger partial charge in [-0.25, -0.2) is 14.4 Å². The van der Waals surface area contributed by atoms with Gasteiger partial charge in [-0.3, -0.25) is 4.79 Å². The van der Waals surface area contributed by atoms with Crippen LogP contribution in [-0.4, -0.2) is 15.9 Å². The maximum atomic E-state index is 14.2. The lowest BCUT2D eigenvalue weighted by atomic mass is 9.88. The van der Waals surface area contributed by atoms with Gasteiger partial charge in [0.25, 0.3) is 5.91 Å². The number of nitrogens with one attached hydrogen (secondary N) is 1. The van der Waals surface area contributed by atoms with Crippen molar-refractivity contribution in [2.45, 2.75) is 32.2 Å². The molecule has 2 aromatic carbocycles. The molecule has 0 saturated carbocycles. The van der Waals surface area contributed by atoms with Crippen molar-refractivity contribution in [2.75, 3.05) is 5.32 Å². The van der Waals surface area contributed by atoms with E-state index in [4.69, 9.17) is 5.73 Å². The van der Waals surface area contributed by atoms with Crippen LogP contribution in [0.1, 0.15) is 46.2 Å². The monoisotopic (exact) mass is 376 g/mol. The van der Waals surface area contributed by atoms with Crippen LogP contribution in [0.25, 0.3) is 11.3 Å². The lowest BCUT2D eigenvalue weighted by molar-refractivity contribution is 0.0996. The van der Waals surface area contributed by atoms with Crippen LogP contribution in [0.2, 0.25) is 0 Å². The SMILES string of the molecule is Cc1nc(NC2CCCc3ccccc32)cc(-c2ccc(C(N)=O)c(F)c2)n1. The summed E-state index contributed by atoms with van der Waals surface area (Å²) in [4.78, 5) is 20.2. The minimum atomic E-state index is -0.791. The summed E-state index contributed by atoms with van der Waals surface area (Å²) in [6.45, 7) is 1.80. The second kappa shape index (κ2) is 7.38. The molecular weight excluding hydrogens is 355 g/mol. The van der Waals surface area contributed by atoms with E-state index in [2.05, 4.69) is 39.6 Å². The molecule has 1 aromatic heterocycles. The molecule has 1 aliphatic carbocycles. The fraction of sp³-hybridized carbons (Fsp3) is 0.227. The zero-order chi connectivity index (χ0) is 19.7. The van der Waals surface area contributed by atoms with E-state index >= 15 is 0 Å². The second-order valence-electron chi connectivity index (χ2n) is 7.03. The lowest BCUT2D eigenvalue weighted by Gasteiger charge is -2.27. The molecule has 3 aromatic rings. The van der Waals surface area contributed by atoms with E-state index in [0.29, 0.717) is 22.9 Å². The zero-order valence-corrected chi connectivity index (χ0v) is 15.6. The van der Waals surface area contributed by atoms with Gasteiger partial charge in [0.05, 0.1) is 17.3 Å². The molecule has 142 valence electrons. The number of halogens is 1. The molecule has 0 aliphatic heterocycles. The van der Waals surface area contributed by atoms with E-state index in [1.165, 1.54) is 23.3 Å². The smallest absolute Gasteiger partial charge is 0.251 e. The number of aryl methyl sites for hydroxylation is 2. The van der Waals surface area contributed by atoms with Gasteiger partial charge in [-0.15, -0.1) is 0 Å². The van der Waals surface area contributed by atoms with Gasteiger partial charge in [-0.1, -0.05) is 30.3 Å². The summed E-state index contributed by atoms with van der Waals surface area (Å²) in [7, 11) is 0. The Morgan fingerprint density at radius 1 is 1.18 bits per heavy atom. The van der Waals surface area contributed by atoms with Gasteiger partial charge in [0.2, 0.25) is 0 Å². The van der Waals surface area contributed by atoms with E-state index in [-0.39, 0.29) is 11.6 Å². The average molecular weight is 376 g/mol. The van der Waals surface area contributed by atoms with E-state index in [9.17, 15) is 9.18 Å². The Hall–Kier alpha value is -3.28. The van der Waals surface area contributed by atoms with Crippen molar-refractivity contribution in [1.29, 1.82) is 0 Å². The zero-order valence-electron chi connectivity index (χ0n) is 15.6. The Labute approximate surface area is 162 Å². The molecule has 1 aliphatic rings. The topological polar surface area (TPSA) is 80.9 Å². The van der Waals surface area contributed by atoms with Gasteiger partial charge in [-0.2, -0.15) is 0 Å². The number of nitrogens with zero attached hydrogens (tertiary/aromatic N) is 2. The number of rotatable bonds is 4. The summed E-state index contributed by atoms with van der Waals surface area (Å²) in [5, 5.41) is 3.51. The van der Waals surface area contributed by atoms with Crippen LogP contribution in [0.5, 0.6) is 0 Å². The molecule has 4 rings (SSSR count). The number of hydrogen-bond donors (Lipinski definition) is 2. The Kier molecular flexibility index (Phi) is 4.77. The number of carbonyl (C=O) groups is 1. The van der Waals surface area contributed by atoms with Crippen molar-refractivity contribution >= 4 is 11.7 Å². The van der Waals surface area contributed by atoms with Gasteiger partial charge in [0, 0.05) is 11.6 Å². The number of aromatic nitrogens is 2. The molecule has 0 radical (unpaired) electrons. The van der Waals surface area contributed by atoms with Gasteiger partial charge < -0.3 is 11.1 Å². The van der Waals surface area contributed by atoms with Gasteiger partial charge in [0.1, 0.15) is 17.5 Å². The minimum absolute atomic E-state index is 0.133. The molecule has 0 bridgehead atoms. The number of amides is 1. The highest BCUT2D eigenvalue weighted by molar-refractivity contribution is 5.93. The van der Waals surface area contributed by atoms with Crippen molar-refractivity contribution in [3.63, 3.8) is 0 Å². The van der Waals surface area contributed by atoms with E-state index in [1.54, 1.807) is 13.0 Å². The third-order valence-electron chi connectivity index (χ3n) is 5.06. The summed E-state index contributed by atoms with van der Waals surface area (Å²) in [6, 6.07) is 14.7. The first kappa shape index (κ1) is 18.1. The Bertz CT molecular complexity index is 1050. The molecule has 1 amide bonds. The van der Waals surface area contributed by atoms with Crippen LogP contribution < -0.4 is 11.1 Å². The Morgan fingerprint density at radius 3 is 2.79 bits per heavy atom. The third kappa shape index (κ3) is 3.58. The fourth-order valence-corrected chi connectivity index (χ4v) is 3.75. The standard InChI is InChI=1S/C22H21FN4O/c1-13-25-20(15-9-10-17(22(24)28)18(23)11-15)12-21(26-13)27-19-8-4-6-14-5-2-3-7-16(14)19/h2-3,5,7,9-12,19H,4,6,8H2,1H3,(H2,24,28)(H,25,26,27). The highest BCUT2D eigenvalue weighted by atomic mass is 19.1. The third-order valence-corrected chi connectivity index (χ3v) is 5.06. The molecule has 0 saturated heterocycles. The maximum Gasteiger partial charge on any atom is 0.251 e. The van der Waals surface area contributed by atoms with Crippen molar-refractivity contribution in [2.24, 2.45) is 5.73 Å². The van der Waals surface area contributed by atoms with Crippen LogP contribution in [0.15, 0.2) is 48.5 Å². The van der Waals surface area contributed by atoms with Gasteiger partial charge in [0.15, 0.2) is 0 Å². The largest absolute Gasteiger partial charge is 0.366 e. The van der Waals surface area contributed by atoms with Crippen LogP contribution in [0, 0.1) is 12.7 Å². The maximum absolute atomic E-state index is 14.2. The predicted octanol–water partition coefficient (Wildman–Crippen LogP) is 4.18. The van der Waals surface area contributed by atoms with Crippen molar-refractivity contribution in [3.05, 3.63) is 76.9 Å². The number of fused-ring (bicyclic) bond motifs is 1. The van der Waals surface area contributed by atoms with E-state index in [1.807, 2.05) is 6.07 Å². The first-order valence-electron chi connectivity index (χ1n) is 9.31. The minimum Gasteiger partial charge on any atom is -0.366 e. The second-order valence-corrected chi connectivity index (χ2v) is 7.03. The Balaban J connectivity index is 1.65. The molecule has 28 heavy (non-hydrogen) atoms. The molecule has 1 heterocycles. The van der Waals surface area contributed by atoms with Crippen molar-refractivity contribution in [1.82, 2.24) is 9.97 Å². The van der Waals surface area contributed by atoms with E-state index in [0.717, 1.165) is 19.3 Å². The van der Waals surface area contributed by atoms with Crippen molar-refractivity contribution in [3.8, 4) is 11.3 Å².